The van der Waals surface area contributed by atoms with E-state index < -0.39 is 0 Å². The molecule has 1 heterocycles. The molecule has 1 aliphatic carbocycles. The Morgan fingerprint density at radius 2 is 1.89 bits per heavy atom. The fraction of sp³-hybridized carbons (Fsp3) is 0.636. The Morgan fingerprint density at radius 1 is 1.19 bits per heavy atom. The standard InChI is InChI=1S/C22H33N3OS/c1-3-4-9-18-12-14-20(15-13-18)25(17-26)21-16-27-22(24(21)2)23-19-10-7-5-6-8-11-19/h12-15,17,19,21H,3-11,16H2,1-2H3. The van der Waals surface area contributed by atoms with Gasteiger partial charge in [-0.3, -0.25) is 14.7 Å². The highest BCUT2D eigenvalue weighted by Gasteiger charge is 2.32. The number of carbonyl (C=O) groups excluding carboxylic acids is 1. The molecule has 27 heavy (non-hydrogen) atoms. The third-order valence-corrected chi connectivity index (χ3v) is 6.83. The van der Waals surface area contributed by atoms with Crippen molar-refractivity contribution in [1.29, 1.82) is 0 Å². The Kier molecular flexibility index (Phi) is 7.62. The van der Waals surface area contributed by atoms with Crippen LogP contribution in [0.1, 0.15) is 63.9 Å². The number of amides is 1. The van der Waals surface area contributed by atoms with E-state index in [4.69, 9.17) is 4.99 Å². The predicted molar refractivity (Wildman–Crippen MR) is 117 cm³/mol. The fourth-order valence-electron chi connectivity index (χ4n) is 3.95. The van der Waals surface area contributed by atoms with Crippen LogP contribution >= 0.6 is 11.8 Å². The third-order valence-electron chi connectivity index (χ3n) is 5.72. The molecule has 0 N–H and O–H groups in total. The van der Waals surface area contributed by atoms with Crippen molar-refractivity contribution in [3.05, 3.63) is 29.8 Å². The van der Waals surface area contributed by atoms with Crippen LogP contribution in [0, 0.1) is 0 Å². The average Bonchev–Trinajstić information content (AvgIpc) is 2.88. The molecule has 1 saturated heterocycles. The third kappa shape index (κ3) is 5.28. The molecule has 4 nitrogen and oxygen atoms in total. The first-order valence-electron chi connectivity index (χ1n) is 10.5. The number of aryl methyl sites for hydroxylation is 1. The monoisotopic (exact) mass is 387 g/mol. The molecule has 0 radical (unpaired) electrons. The molecule has 1 aromatic carbocycles. The quantitative estimate of drug-likeness (QED) is 0.484. The maximum Gasteiger partial charge on any atom is 0.215 e. The van der Waals surface area contributed by atoms with Gasteiger partial charge in [0.25, 0.3) is 0 Å². The number of amidine groups is 1. The SMILES string of the molecule is CCCCc1ccc(N(C=O)C2CSC(=NC3CCCCCC3)N2C)cc1. The second-order valence-corrected chi connectivity index (χ2v) is 8.73. The van der Waals surface area contributed by atoms with E-state index in [0.29, 0.717) is 6.04 Å². The largest absolute Gasteiger partial charge is 0.333 e. The lowest BCUT2D eigenvalue weighted by Gasteiger charge is -2.30. The summed E-state index contributed by atoms with van der Waals surface area (Å²) in [6, 6.07) is 8.93. The molecule has 1 amide bonds. The minimum atomic E-state index is 0.0403. The summed E-state index contributed by atoms with van der Waals surface area (Å²) in [6.45, 7) is 2.21. The van der Waals surface area contributed by atoms with E-state index in [1.54, 1.807) is 11.8 Å². The first-order valence-corrected chi connectivity index (χ1v) is 11.5. The lowest BCUT2D eigenvalue weighted by Crippen LogP contribution is -2.45. The molecule has 1 aromatic rings. The minimum Gasteiger partial charge on any atom is -0.333 e. The van der Waals surface area contributed by atoms with Gasteiger partial charge in [-0.1, -0.05) is 62.9 Å². The first-order chi connectivity index (χ1) is 13.2. The zero-order valence-electron chi connectivity index (χ0n) is 16.8. The van der Waals surface area contributed by atoms with E-state index in [9.17, 15) is 4.79 Å². The van der Waals surface area contributed by atoms with Crippen LogP contribution in [0.3, 0.4) is 0 Å². The summed E-state index contributed by atoms with van der Waals surface area (Å²) in [5.74, 6) is 0.873. The van der Waals surface area contributed by atoms with Gasteiger partial charge in [0.15, 0.2) is 5.17 Å². The molecule has 1 saturated carbocycles. The summed E-state index contributed by atoms with van der Waals surface area (Å²) >= 11 is 1.79. The number of thioether (sulfide) groups is 1. The molecule has 1 aliphatic heterocycles. The van der Waals surface area contributed by atoms with Gasteiger partial charge in [0.2, 0.25) is 6.41 Å². The number of anilines is 1. The second kappa shape index (κ2) is 10.2. The van der Waals surface area contributed by atoms with E-state index >= 15 is 0 Å². The molecule has 1 atom stereocenters. The van der Waals surface area contributed by atoms with Gasteiger partial charge in [-0.05, 0) is 43.4 Å². The number of rotatable bonds is 7. The molecule has 0 spiro atoms. The Hall–Kier alpha value is -1.49. The molecule has 1 unspecified atom stereocenters. The molecular weight excluding hydrogens is 354 g/mol. The van der Waals surface area contributed by atoms with Crippen LogP contribution in [-0.2, 0) is 11.2 Å². The summed E-state index contributed by atoms with van der Waals surface area (Å²) < 4.78 is 0. The van der Waals surface area contributed by atoms with Gasteiger partial charge in [-0.2, -0.15) is 0 Å². The topological polar surface area (TPSA) is 35.9 Å². The Bertz CT molecular complexity index is 623. The van der Waals surface area contributed by atoms with Gasteiger partial charge in [0.1, 0.15) is 6.17 Å². The molecule has 2 aliphatic rings. The van der Waals surface area contributed by atoms with Crippen molar-refractivity contribution in [3.8, 4) is 0 Å². The molecule has 3 rings (SSSR count). The van der Waals surface area contributed by atoms with Crippen LogP contribution in [0.15, 0.2) is 29.3 Å². The van der Waals surface area contributed by atoms with Crippen LogP contribution in [0.4, 0.5) is 5.69 Å². The highest BCUT2D eigenvalue weighted by Crippen LogP contribution is 2.30. The highest BCUT2D eigenvalue weighted by atomic mass is 32.2. The van der Waals surface area contributed by atoms with Crippen LogP contribution in [-0.4, -0.2) is 41.5 Å². The second-order valence-electron chi connectivity index (χ2n) is 7.74. The van der Waals surface area contributed by atoms with E-state index in [1.165, 1.54) is 56.9 Å². The van der Waals surface area contributed by atoms with E-state index in [2.05, 4.69) is 43.1 Å². The molecular formula is C22H33N3OS. The number of hydrogen-bond acceptors (Lipinski definition) is 3. The smallest absolute Gasteiger partial charge is 0.215 e. The zero-order chi connectivity index (χ0) is 19.1. The summed E-state index contributed by atoms with van der Waals surface area (Å²) in [6.07, 6.45) is 12.2. The lowest BCUT2D eigenvalue weighted by atomic mass is 10.1. The Labute approximate surface area is 168 Å². The van der Waals surface area contributed by atoms with E-state index in [-0.39, 0.29) is 6.17 Å². The van der Waals surface area contributed by atoms with Gasteiger partial charge >= 0.3 is 0 Å². The van der Waals surface area contributed by atoms with E-state index in [1.807, 2.05) is 4.90 Å². The summed E-state index contributed by atoms with van der Waals surface area (Å²) in [4.78, 5) is 21.0. The average molecular weight is 388 g/mol. The van der Waals surface area contributed by atoms with Gasteiger partial charge in [0, 0.05) is 18.5 Å². The molecule has 2 fully saturated rings. The minimum absolute atomic E-state index is 0.0403. The number of hydrogen-bond donors (Lipinski definition) is 0. The molecule has 0 aromatic heterocycles. The lowest BCUT2D eigenvalue weighted by molar-refractivity contribution is -0.108. The molecule has 148 valence electrons. The van der Waals surface area contributed by atoms with Crippen LogP contribution in [0.25, 0.3) is 0 Å². The number of carbonyl (C=O) groups is 1. The van der Waals surface area contributed by atoms with Crippen molar-refractivity contribution in [2.24, 2.45) is 4.99 Å². The molecule has 0 bridgehead atoms. The Balaban J connectivity index is 1.67. The van der Waals surface area contributed by atoms with Crippen LogP contribution in [0.5, 0.6) is 0 Å². The van der Waals surface area contributed by atoms with Gasteiger partial charge < -0.3 is 4.90 Å². The van der Waals surface area contributed by atoms with Crippen molar-refractivity contribution < 1.29 is 4.79 Å². The number of benzene rings is 1. The maximum atomic E-state index is 11.9. The van der Waals surface area contributed by atoms with Gasteiger partial charge in [-0.15, -0.1) is 0 Å². The number of aliphatic imine (C=N–C) groups is 1. The molecule has 5 heteroatoms. The van der Waals surface area contributed by atoms with Crippen LogP contribution < -0.4 is 4.90 Å². The van der Waals surface area contributed by atoms with Crippen molar-refractivity contribution in [2.75, 3.05) is 17.7 Å². The number of nitrogens with zero attached hydrogens (tertiary/aromatic N) is 3. The summed E-state index contributed by atoms with van der Waals surface area (Å²) in [5.41, 5.74) is 2.31. The Morgan fingerprint density at radius 3 is 2.52 bits per heavy atom. The number of unbranched alkanes of at least 4 members (excludes halogenated alkanes) is 1. The summed E-state index contributed by atoms with van der Waals surface area (Å²) in [7, 11) is 2.08. The van der Waals surface area contributed by atoms with Crippen LogP contribution in [0.2, 0.25) is 0 Å². The van der Waals surface area contributed by atoms with Crippen molar-refractivity contribution >= 4 is 29.0 Å². The first kappa shape index (κ1) is 20.2. The van der Waals surface area contributed by atoms with Gasteiger partial charge in [-0.25, -0.2) is 0 Å². The van der Waals surface area contributed by atoms with Crippen molar-refractivity contribution in [3.63, 3.8) is 0 Å². The zero-order valence-corrected chi connectivity index (χ0v) is 17.6. The predicted octanol–water partition coefficient (Wildman–Crippen LogP) is 5.08. The fourth-order valence-corrected chi connectivity index (χ4v) is 5.18. The highest BCUT2D eigenvalue weighted by molar-refractivity contribution is 8.14. The van der Waals surface area contributed by atoms with E-state index in [0.717, 1.165) is 29.4 Å². The van der Waals surface area contributed by atoms with Crippen molar-refractivity contribution in [2.45, 2.75) is 76.9 Å². The van der Waals surface area contributed by atoms with Crippen molar-refractivity contribution in [1.82, 2.24) is 4.90 Å². The maximum absolute atomic E-state index is 11.9. The normalized spacial score (nSPS) is 22.8. The van der Waals surface area contributed by atoms with Gasteiger partial charge in [0.05, 0.1) is 6.04 Å². The summed E-state index contributed by atoms with van der Waals surface area (Å²) in [5, 5.41) is 1.10.